The molecule has 4 heteroatoms. The summed E-state index contributed by atoms with van der Waals surface area (Å²) in [6.07, 6.45) is 1.25. The van der Waals surface area contributed by atoms with Crippen LogP contribution in [0.5, 0.6) is 0 Å². The zero-order valence-corrected chi connectivity index (χ0v) is 7.83. The van der Waals surface area contributed by atoms with E-state index in [2.05, 4.69) is 0 Å². The molecule has 0 amide bonds. The Bertz CT molecular complexity index is 321. The molecular formula is C10H11FO3. The standard InChI is InChI=1S/C10H11FO3/c1-2-14-7-4-5-3-6(11)8(7)10(13)9(5)12/h3,5,7-8H,2,4H2,1H3/t5-,7+,8+/m1/s1. The fourth-order valence-electron chi connectivity index (χ4n) is 2.12. The van der Waals surface area contributed by atoms with Crippen molar-refractivity contribution in [1.29, 1.82) is 0 Å². The first-order valence-electron chi connectivity index (χ1n) is 4.72. The monoisotopic (exact) mass is 198 g/mol. The molecular weight excluding hydrogens is 187 g/mol. The van der Waals surface area contributed by atoms with Crippen LogP contribution in [-0.4, -0.2) is 24.3 Å². The van der Waals surface area contributed by atoms with Gasteiger partial charge in [0.15, 0.2) is 0 Å². The summed E-state index contributed by atoms with van der Waals surface area (Å²) >= 11 is 0. The minimum absolute atomic E-state index is 0.433. The van der Waals surface area contributed by atoms with Crippen LogP contribution in [0.2, 0.25) is 0 Å². The smallest absolute Gasteiger partial charge is 0.211 e. The fourth-order valence-corrected chi connectivity index (χ4v) is 2.12. The van der Waals surface area contributed by atoms with Crippen molar-refractivity contribution in [3.8, 4) is 0 Å². The predicted octanol–water partition coefficient (Wildman–Crippen LogP) is 1.03. The molecule has 0 aliphatic heterocycles. The van der Waals surface area contributed by atoms with Crippen molar-refractivity contribution in [2.24, 2.45) is 11.8 Å². The van der Waals surface area contributed by atoms with E-state index in [1.165, 1.54) is 6.08 Å². The topological polar surface area (TPSA) is 43.4 Å². The molecule has 0 unspecified atom stereocenters. The molecule has 1 fully saturated rings. The van der Waals surface area contributed by atoms with Gasteiger partial charge < -0.3 is 4.74 Å². The van der Waals surface area contributed by atoms with Gasteiger partial charge in [-0.15, -0.1) is 0 Å². The van der Waals surface area contributed by atoms with Gasteiger partial charge in [-0.05, 0) is 19.4 Å². The van der Waals surface area contributed by atoms with Crippen molar-refractivity contribution in [2.45, 2.75) is 19.4 Å². The Hall–Kier alpha value is -1.03. The maximum Gasteiger partial charge on any atom is 0.211 e. The van der Waals surface area contributed by atoms with E-state index in [1.54, 1.807) is 6.92 Å². The van der Waals surface area contributed by atoms with Crippen LogP contribution in [0.25, 0.3) is 0 Å². The fraction of sp³-hybridized carbons (Fsp3) is 0.600. The molecule has 0 N–H and O–H groups in total. The van der Waals surface area contributed by atoms with E-state index < -0.39 is 35.3 Å². The summed E-state index contributed by atoms with van der Waals surface area (Å²) < 4.78 is 18.5. The van der Waals surface area contributed by atoms with Crippen LogP contribution in [0, 0.1) is 11.8 Å². The van der Waals surface area contributed by atoms with Gasteiger partial charge in [0, 0.05) is 12.5 Å². The normalized spacial score (nSPS) is 36.1. The number of carbonyl (C=O) groups excluding carboxylic acids is 2. The molecule has 0 aromatic carbocycles. The van der Waals surface area contributed by atoms with Crippen LogP contribution >= 0.6 is 0 Å². The largest absolute Gasteiger partial charge is 0.377 e. The summed E-state index contributed by atoms with van der Waals surface area (Å²) in [6, 6.07) is 0. The Labute approximate surface area is 80.9 Å². The average molecular weight is 198 g/mol. The predicted molar refractivity (Wildman–Crippen MR) is 46.2 cm³/mol. The average Bonchev–Trinajstić information content (AvgIpc) is 2.13. The van der Waals surface area contributed by atoms with E-state index in [4.69, 9.17) is 4.74 Å². The number of ketones is 2. The summed E-state index contributed by atoms with van der Waals surface area (Å²) in [5.74, 6) is -3.15. The lowest BCUT2D eigenvalue weighted by molar-refractivity contribution is -0.149. The number of carbonyl (C=O) groups is 2. The Morgan fingerprint density at radius 1 is 1.50 bits per heavy atom. The number of hydrogen-bond donors (Lipinski definition) is 0. The van der Waals surface area contributed by atoms with Gasteiger partial charge in [-0.3, -0.25) is 9.59 Å². The van der Waals surface area contributed by atoms with E-state index in [9.17, 15) is 14.0 Å². The van der Waals surface area contributed by atoms with Gasteiger partial charge in [-0.25, -0.2) is 4.39 Å². The van der Waals surface area contributed by atoms with Crippen LogP contribution in [-0.2, 0) is 14.3 Å². The Balaban J connectivity index is 2.30. The maximum atomic E-state index is 13.3. The second kappa shape index (κ2) is 3.28. The molecule has 2 bridgehead atoms. The number of rotatable bonds is 2. The summed E-state index contributed by atoms with van der Waals surface area (Å²) in [6.45, 7) is 2.22. The first-order valence-corrected chi connectivity index (χ1v) is 4.72. The number of fused-ring (bicyclic) bond motifs is 2. The minimum Gasteiger partial charge on any atom is -0.377 e. The molecule has 3 atom stereocenters. The van der Waals surface area contributed by atoms with Crippen LogP contribution in [0.15, 0.2) is 11.9 Å². The lowest BCUT2D eigenvalue weighted by atomic mass is 9.71. The molecule has 1 saturated carbocycles. The highest BCUT2D eigenvalue weighted by molar-refractivity contribution is 6.41. The molecule has 3 aliphatic carbocycles. The van der Waals surface area contributed by atoms with Crippen molar-refractivity contribution < 1.29 is 18.7 Å². The van der Waals surface area contributed by atoms with E-state index in [-0.39, 0.29) is 0 Å². The first kappa shape index (κ1) is 9.52. The number of Topliss-reactive ketones (excluding diaryl/α,β-unsaturated/α-hetero) is 2. The Morgan fingerprint density at radius 3 is 2.79 bits per heavy atom. The van der Waals surface area contributed by atoms with Crippen LogP contribution in [0.3, 0.4) is 0 Å². The molecule has 0 spiro atoms. The minimum atomic E-state index is -0.965. The quantitative estimate of drug-likeness (QED) is 0.622. The second-order valence-corrected chi connectivity index (χ2v) is 3.59. The number of halogens is 1. The summed E-state index contributed by atoms with van der Waals surface area (Å²) in [4.78, 5) is 22.6. The first-order chi connectivity index (χ1) is 6.65. The highest BCUT2D eigenvalue weighted by Crippen LogP contribution is 2.38. The second-order valence-electron chi connectivity index (χ2n) is 3.59. The molecule has 0 aromatic heterocycles. The zero-order valence-electron chi connectivity index (χ0n) is 7.83. The number of ether oxygens (including phenoxy) is 1. The van der Waals surface area contributed by atoms with Gasteiger partial charge in [-0.2, -0.15) is 0 Å². The third-order valence-corrected chi connectivity index (χ3v) is 2.76. The molecule has 0 saturated heterocycles. The van der Waals surface area contributed by atoms with Crippen molar-refractivity contribution >= 4 is 11.6 Å². The highest BCUT2D eigenvalue weighted by Gasteiger charge is 2.49. The van der Waals surface area contributed by atoms with Gasteiger partial charge in [0.05, 0.1) is 6.10 Å². The van der Waals surface area contributed by atoms with E-state index >= 15 is 0 Å². The Morgan fingerprint density at radius 2 is 2.21 bits per heavy atom. The summed E-state index contributed by atoms with van der Waals surface area (Å²) in [5, 5.41) is 0. The van der Waals surface area contributed by atoms with Gasteiger partial charge in [0.25, 0.3) is 0 Å². The van der Waals surface area contributed by atoms with Crippen molar-refractivity contribution in [1.82, 2.24) is 0 Å². The van der Waals surface area contributed by atoms with E-state index in [1.807, 2.05) is 0 Å². The van der Waals surface area contributed by atoms with Crippen LogP contribution in [0.4, 0.5) is 4.39 Å². The van der Waals surface area contributed by atoms with Gasteiger partial charge in [0.1, 0.15) is 11.7 Å². The van der Waals surface area contributed by atoms with Crippen molar-refractivity contribution in [3.05, 3.63) is 11.9 Å². The van der Waals surface area contributed by atoms with Crippen LogP contribution in [0.1, 0.15) is 13.3 Å². The SMILES string of the molecule is CCO[C@H]1C[C@H]2C=C(F)[C@@H]1C(=O)C2=O. The van der Waals surface area contributed by atoms with Gasteiger partial charge in [0.2, 0.25) is 11.6 Å². The number of allylic oxidation sites excluding steroid dienone is 1. The molecule has 0 heterocycles. The van der Waals surface area contributed by atoms with Gasteiger partial charge >= 0.3 is 0 Å². The lowest BCUT2D eigenvalue weighted by Crippen LogP contribution is -2.48. The molecule has 3 rings (SSSR count). The van der Waals surface area contributed by atoms with Crippen LogP contribution < -0.4 is 0 Å². The lowest BCUT2D eigenvalue weighted by Gasteiger charge is -2.36. The Kier molecular flexibility index (Phi) is 2.23. The molecule has 3 aliphatic rings. The third kappa shape index (κ3) is 1.21. The van der Waals surface area contributed by atoms with E-state index in [0.717, 1.165) is 0 Å². The molecule has 3 nitrogen and oxygen atoms in total. The summed E-state index contributed by atoms with van der Waals surface area (Å²) in [5.41, 5.74) is 0. The summed E-state index contributed by atoms with van der Waals surface area (Å²) in [7, 11) is 0. The highest BCUT2D eigenvalue weighted by atomic mass is 19.1. The third-order valence-electron chi connectivity index (χ3n) is 2.76. The maximum absolute atomic E-state index is 13.3. The van der Waals surface area contributed by atoms with Gasteiger partial charge in [-0.1, -0.05) is 0 Å². The number of hydrogen-bond acceptors (Lipinski definition) is 3. The van der Waals surface area contributed by atoms with Crippen molar-refractivity contribution in [3.63, 3.8) is 0 Å². The zero-order chi connectivity index (χ0) is 10.3. The van der Waals surface area contributed by atoms with Crippen molar-refractivity contribution in [2.75, 3.05) is 6.61 Å². The molecule has 76 valence electrons. The molecule has 14 heavy (non-hydrogen) atoms. The van der Waals surface area contributed by atoms with E-state index in [0.29, 0.717) is 13.0 Å². The molecule has 0 radical (unpaired) electrons. The molecule has 0 aromatic rings.